The van der Waals surface area contributed by atoms with Gasteiger partial charge in [-0.2, -0.15) is 4.85 Å². The summed E-state index contributed by atoms with van der Waals surface area (Å²) in [7, 11) is 0. The van der Waals surface area contributed by atoms with Crippen LogP contribution >= 0.6 is 0 Å². The largest absolute Gasteiger partial charge is 0.425 e. The molecule has 148 valence electrons. The zero-order valence-corrected chi connectivity index (χ0v) is 17.8. The van der Waals surface area contributed by atoms with E-state index < -0.39 is 0 Å². The number of benzene rings is 1. The minimum Gasteiger partial charge on any atom is -0.348 e. The zero-order chi connectivity index (χ0) is 21.1. The van der Waals surface area contributed by atoms with Gasteiger partial charge in [0, 0.05) is 30.5 Å². The van der Waals surface area contributed by atoms with E-state index in [-0.39, 0.29) is 11.8 Å². The quantitative estimate of drug-likeness (QED) is 0.726. The molecule has 3 rings (SSSR count). The summed E-state index contributed by atoms with van der Waals surface area (Å²) < 4.78 is 0. The van der Waals surface area contributed by atoms with E-state index in [2.05, 4.69) is 60.2 Å². The van der Waals surface area contributed by atoms with Crippen molar-refractivity contribution < 1.29 is 4.79 Å². The highest BCUT2D eigenvalue weighted by Gasteiger charge is 2.30. The second-order valence-electron chi connectivity index (χ2n) is 7.84. The molecule has 0 spiro atoms. The third-order valence-electron chi connectivity index (χ3n) is 5.92. The lowest BCUT2D eigenvalue weighted by Crippen LogP contribution is -2.25. The molecule has 1 heterocycles. The molecule has 29 heavy (non-hydrogen) atoms. The molecule has 4 nitrogen and oxygen atoms in total. The van der Waals surface area contributed by atoms with Crippen LogP contribution in [0.3, 0.4) is 0 Å². The Kier molecular flexibility index (Phi) is 5.98. The highest BCUT2D eigenvalue weighted by molar-refractivity contribution is 5.98. The van der Waals surface area contributed by atoms with Gasteiger partial charge in [-0.15, -0.1) is 0 Å². The number of carbonyl (C=O) groups is 1. The first kappa shape index (κ1) is 20.5. The predicted molar refractivity (Wildman–Crippen MR) is 118 cm³/mol. The van der Waals surface area contributed by atoms with Crippen LogP contribution in [0, 0.1) is 26.3 Å². The fourth-order valence-corrected chi connectivity index (χ4v) is 4.34. The number of hydrogen-bond donors (Lipinski definition) is 1. The second kappa shape index (κ2) is 8.45. The fraction of sp³-hybridized carbons (Fsp3) is 0.320. The molecule has 1 aromatic carbocycles. The lowest BCUT2D eigenvalue weighted by molar-refractivity contribution is -0.117. The number of nitrogens with zero attached hydrogens (tertiary/aromatic N) is 2. The Bertz CT molecular complexity index is 1020. The van der Waals surface area contributed by atoms with Gasteiger partial charge in [0.25, 0.3) is 5.91 Å². The maximum Gasteiger partial charge on any atom is 0.425 e. The molecular weight excluding hydrogens is 358 g/mol. The Morgan fingerprint density at radius 3 is 2.52 bits per heavy atom. The van der Waals surface area contributed by atoms with Crippen molar-refractivity contribution in [3.05, 3.63) is 86.4 Å². The molecule has 2 unspecified atom stereocenters. The normalized spacial score (nSPS) is 17.0. The maximum absolute atomic E-state index is 13.0. The number of aromatic nitrogens is 1. The van der Waals surface area contributed by atoms with Gasteiger partial charge in [0.05, 0.1) is 6.07 Å². The van der Waals surface area contributed by atoms with Gasteiger partial charge in [-0.3, -0.25) is 4.79 Å². The highest BCUT2D eigenvalue weighted by atomic mass is 16.1. The van der Waals surface area contributed by atoms with Crippen LogP contribution in [0.1, 0.15) is 49.1 Å². The van der Waals surface area contributed by atoms with Crippen LogP contribution in [-0.4, -0.2) is 10.9 Å². The van der Waals surface area contributed by atoms with Crippen molar-refractivity contribution >= 4 is 11.7 Å². The minimum absolute atomic E-state index is 0.0454. The summed E-state index contributed by atoms with van der Waals surface area (Å²) in [6, 6.07) is 12.3. The summed E-state index contributed by atoms with van der Waals surface area (Å²) in [6.07, 6.45) is 2.03. The van der Waals surface area contributed by atoms with Gasteiger partial charge < -0.3 is 5.32 Å². The van der Waals surface area contributed by atoms with E-state index in [0.29, 0.717) is 18.3 Å². The molecule has 0 fully saturated rings. The molecule has 0 radical (unpaired) electrons. The van der Waals surface area contributed by atoms with Crippen LogP contribution < -0.4 is 5.32 Å². The lowest BCUT2D eigenvalue weighted by atomic mass is 9.81. The standard InChI is InChI=1S/C25H27N3O/c1-15-13-23(26-6)28-19(5)22(15)14-27-25(29)21-12-16(2)24(18(21)4)17(3)20-10-8-7-9-11-20/h6-13,17,24H,14H2,1-5H3/p+1. The molecule has 1 aliphatic carbocycles. The van der Waals surface area contributed by atoms with E-state index in [0.717, 1.165) is 28.0 Å². The number of hydrogen-bond acceptors (Lipinski definition) is 2. The van der Waals surface area contributed by atoms with Crippen molar-refractivity contribution in [2.45, 2.75) is 47.1 Å². The van der Waals surface area contributed by atoms with Crippen LogP contribution in [0.15, 0.2) is 59.2 Å². The van der Waals surface area contributed by atoms with Crippen LogP contribution in [-0.2, 0) is 11.3 Å². The minimum atomic E-state index is -0.0454. The molecule has 2 atom stereocenters. The molecule has 1 aromatic heterocycles. The van der Waals surface area contributed by atoms with Gasteiger partial charge >= 0.3 is 5.82 Å². The number of pyridine rings is 1. The Labute approximate surface area is 173 Å². The molecule has 4 heteroatoms. The van der Waals surface area contributed by atoms with E-state index >= 15 is 0 Å². The van der Waals surface area contributed by atoms with Crippen LogP contribution in [0.2, 0.25) is 0 Å². The Morgan fingerprint density at radius 2 is 1.90 bits per heavy atom. The number of carbonyl (C=O) groups excluding carboxylic acids is 1. The Hall–Kier alpha value is -3.19. The number of amides is 1. The van der Waals surface area contributed by atoms with Gasteiger partial charge in [-0.25, -0.2) is 0 Å². The second-order valence-corrected chi connectivity index (χ2v) is 7.84. The summed E-state index contributed by atoms with van der Waals surface area (Å²) in [5, 5.41) is 3.07. The lowest BCUT2D eigenvalue weighted by Gasteiger charge is -2.23. The zero-order valence-electron chi connectivity index (χ0n) is 17.8. The van der Waals surface area contributed by atoms with Crippen LogP contribution in [0.25, 0.3) is 4.85 Å². The monoisotopic (exact) mass is 386 g/mol. The first-order chi connectivity index (χ1) is 13.8. The smallest absolute Gasteiger partial charge is 0.348 e. The third kappa shape index (κ3) is 4.14. The molecule has 0 saturated heterocycles. The number of rotatable bonds is 5. The summed E-state index contributed by atoms with van der Waals surface area (Å²) in [6.45, 7) is 16.1. The van der Waals surface area contributed by atoms with Crippen molar-refractivity contribution in [3.8, 4) is 6.57 Å². The summed E-state index contributed by atoms with van der Waals surface area (Å²) in [5.74, 6) is 1.02. The van der Waals surface area contributed by atoms with E-state index in [1.807, 2.05) is 32.1 Å². The number of aryl methyl sites for hydroxylation is 2. The predicted octanol–water partition coefficient (Wildman–Crippen LogP) is 5.61. The molecular formula is C25H28N3O+. The summed E-state index contributed by atoms with van der Waals surface area (Å²) >= 11 is 0. The molecule has 0 saturated carbocycles. The first-order valence-corrected chi connectivity index (χ1v) is 9.93. The van der Waals surface area contributed by atoms with Crippen molar-refractivity contribution in [2.75, 3.05) is 0 Å². The van der Waals surface area contributed by atoms with Gasteiger partial charge in [-0.1, -0.05) is 48.4 Å². The SMILES string of the molecule is C#[N+]c1cc(C)c(CNC(=O)C2=C(C)C(C(C)c3ccccc3)C(C)=C2)c(C)n1. The first-order valence-electron chi connectivity index (χ1n) is 9.93. The topological polar surface area (TPSA) is 46.4 Å². The Morgan fingerprint density at radius 1 is 1.21 bits per heavy atom. The van der Waals surface area contributed by atoms with Crippen molar-refractivity contribution in [2.24, 2.45) is 5.92 Å². The molecule has 1 N–H and O–H groups in total. The van der Waals surface area contributed by atoms with Crippen molar-refractivity contribution in [1.29, 1.82) is 0 Å². The van der Waals surface area contributed by atoms with Gasteiger partial charge in [0.15, 0.2) is 5.69 Å². The highest BCUT2D eigenvalue weighted by Crippen LogP contribution is 2.41. The number of nitrogens with one attached hydrogen (secondary N) is 1. The molecule has 0 aliphatic heterocycles. The van der Waals surface area contributed by atoms with Crippen LogP contribution in [0.4, 0.5) is 5.82 Å². The molecule has 0 bridgehead atoms. The third-order valence-corrected chi connectivity index (χ3v) is 5.92. The number of allylic oxidation sites excluding steroid dienone is 2. The average Bonchev–Trinajstić information content (AvgIpc) is 3.01. The molecule has 1 aliphatic rings. The van der Waals surface area contributed by atoms with E-state index in [1.165, 1.54) is 11.1 Å². The summed E-state index contributed by atoms with van der Waals surface area (Å²) in [4.78, 5) is 21.0. The average molecular weight is 387 g/mol. The van der Waals surface area contributed by atoms with E-state index in [9.17, 15) is 4.79 Å². The summed E-state index contributed by atoms with van der Waals surface area (Å²) in [5.41, 5.74) is 7.25. The molecule has 1 amide bonds. The van der Waals surface area contributed by atoms with Gasteiger partial charge in [0.2, 0.25) is 0 Å². The van der Waals surface area contributed by atoms with Crippen molar-refractivity contribution in [1.82, 2.24) is 10.3 Å². The Balaban J connectivity index is 1.78. The van der Waals surface area contributed by atoms with Crippen LogP contribution in [0.5, 0.6) is 0 Å². The van der Waals surface area contributed by atoms with Gasteiger partial charge in [-0.05, 0) is 48.9 Å². The molecule has 2 aromatic rings. The van der Waals surface area contributed by atoms with E-state index in [4.69, 9.17) is 6.57 Å². The fourth-order valence-electron chi connectivity index (χ4n) is 4.34. The van der Waals surface area contributed by atoms with E-state index in [1.54, 1.807) is 0 Å². The van der Waals surface area contributed by atoms with Gasteiger partial charge in [0.1, 0.15) is 6.57 Å². The maximum atomic E-state index is 13.0. The van der Waals surface area contributed by atoms with Crippen molar-refractivity contribution in [3.63, 3.8) is 0 Å².